The van der Waals surface area contributed by atoms with Gasteiger partial charge in [-0.25, -0.2) is 0 Å². The first-order chi connectivity index (χ1) is 16.3. The molecule has 0 spiro atoms. The first-order valence-corrected chi connectivity index (χ1v) is 13.4. The molecule has 35 heavy (non-hydrogen) atoms. The molecule has 0 bridgehead atoms. The van der Waals surface area contributed by atoms with Crippen molar-refractivity contribution in [3.8, 4) is 5.95 Å². The summed E-state index contributed by atoms with van der Waals surface area (Å²) in [5.41, 5.74) is 1.23. The minimum absolute atomic E-state index is 0.0188. The van der Waals surface area contributed by atoms with Crippen LogP contribution in [0.15, 0.2) is 21.4 Å². The fourth-order valence-corrected chi connectivity index (χ4v) is 7.32. The second kappa shape index (κ2) is 10.5. The number of allylic oxidation sites excluding steroid dienone is 2. The number of ether oxygens (including phenoxy) is 2. The Morgan fingerprint density at radius 2 is 1.89 bits per heavy atom. The predicted octanol–water partition coefficient (Wildman–Crippen LogP) is 6.81. The fourth-order valence-electron chi connectivity index (χ4n) is 7.32. The number of aryl methyl sites for hydroxylation is 1. The lowest BCUT2D eigenvalue weighted by Gasteiger charge is -2.61. The zero-order valence-electron chi connectivity index (χ0n) is 23.3. The molecule has 2 fully saturated rings. The van der Waals surface area contributed by atoms with Crippen molar-refractivity contribution in [2.24, 2.45) is 34.5 Å². The Morgan fingerprint density at radius 3 is 2.49 bits per heavy atom. The highest BCUT2D eigenvalue weighted by Crippen LogP contribution is 2.63. The Balaban J connectivity index is 2.04. The summed E-state index contributed by atoms with van der Waals surface area (Å²) in [6.07, 6.45) is 10.0. The van der Waals surface area contributed by atoms with Gasteiger partial charge in [0.2, 0.25) is 0 Å². The molecule has 3 rings (SSSR count). The first-order valence-electron chi connectivity index (χ1n) is 13.4. The summed E-state index contributed by atoms with van der Waals surface area (Å²) < 4.78 is 17.4. The molecule has 5 nitrogen and oxygen atoms in total. The molecule has 2 aliphatic carbocycles. The van der Waals surface area contributed by atoms with Gasteiger partial charge in [-0.05, 0) is 75.0 Å². The predicted molar refractivity (Wildman–Crippen MR) is 140 cm³/mol. The third kappa shape index (κ3) is 5.24. The summed E-state index contributed by atoms with van der Waals surface area (Å²) in [7, 11) is 1.58. The molecule has 0 radical (unpaired) electrons. The van der Waals surface area contributed by atoms with Crippen LogP contribution in [0.25, 0.3) is 0 Å². The number of esters is 1. The molecular weight excluding hydrogens is 440 g/mol. The zero-order chi connectivity index (χ0) is 26.1. The third-order valence-corrected chi connectivity index (χ3v) is 9.35. The van der Waals surface area contributed by atoms with Crippen LogP contribution in [0.5, 0.6) is 5.95 Å². The van der Waals surface area contributed by atoms with E-state index in [0.29, 0.717) is 52.9 Å². The zero-order valence-corrected chi connectivity index (χ0v) is 23.3. The highest BCUT2D eigenvalue weighted by atomic mass is 16.6. The maximum Gasteiger partial charge on any atom is 0.302 e. The highest BCUT2D eigenvalue weighted by molar-refractivity contribution is 5.66. The minimum Gasteiger partial charge on any atom is -0.468 e. The van der Waals surface area contributed by atoms with Gasteiger partial charge in [0.1, 0.15) is 11.9 Å². The molecule has 0 saturated heterocycles. The fraction of sp³-hybridized carbons (Fsp3) is 0.733. The number of hydrogen-bond donors (Lipinski definition) is 0. The van der Waals surface area contributed by atoms with E-state index in [2.05, 4.69) is 46.8 Å². The molecule has 0 aromatic carbocycles. The number of carbonyl (C=O) groups is 1. The van der Waals surface area contributed by atoms with E-state index in [9.17, 15) is 9.59 Å². The Morgan fingerprint density at radius 1 is 1.20 bits per heavy atom. The van der Waals surface area contributed by atoms with Gasteiger partial charge in [0.15, 0.2) is 5.43 Å². The average Bonchev–Trinajstić information content (AvgIpc) is 2.77. The van der Waals surface area contributed by atoms with Gasteiger partial charge >= 0.3 is 5.97 Å². The number of rotatable bonds is 7. The van der Waals surface area contributed by atoms with Crippen molar-refractivity contribution >= 4 is 5.97 Å². The van der Waals surface area contributed by atoms with Crippen LogP contribution in [0, 0.1) is 48.3 Å². The largest absolute Gasteiger partial charge is 0.468 e. The van der Waals surface area contributed by atoms with E-state index in [4.69, 9.17) is 13.9 Å². The van der Waals surface area contributed by atoms with Crippen molar-refractivity contribution in [1.29, 1.82) is 0 Å². The molecule has 1 aromatic heterocycles. The SMILES string of the molecule is COc1oc(C)c(C)c(=O)c1C[C@@H]1[C@@H](C)CC[C@H]2[C@](C)(C/C=C/C(C)C)[C@@H](OC(C)=O)CC[C@@]21C. The Labute approximate surface area is 211 Å². The van der Waals surface area contributed by atoms with Crippen LogP contribution in [0.1, 0.15) is 90.5 Å². The summed E-state index contributed by atoms with van der Waals surface area (Å²) in [5, 5.41) is 0. The molecule has 0 N–H and O–H groups in total. The Kier molecular flexibility index (Phi) is 8.28. The summed E-state index contributed by atoms with van der Waals surface area (Å²) in [6.45, 7) is 16.6. The van der Waals surface area contributed by atoms with Gasteiger partial charge in [-0.3, -0.25) is 9.59 Å². The van der Waals surface area contributed by atoms with Crippen LogP contribution in [0.4, 0.5) is 0 Å². The summed E-state index contributed by atoms with van der Waals surface area (Å²) >= 11 is 0. The lowest BCUT2D eigenvalue weighted by atomic mass is 9.44. The minimum atomic E-state index is -0.198. The lowest BCUT2D eigenvalue weighted by molar-refractivity contribution is -0.185. The molecule has 6 atom stereocenters. The van der Waals surface area contributed by atoms with Crippen LogP contribution in [-0.4, -0.2) is 19.2 Å². The van der Waals surface area contributed by atoms with E-state index in [1.54, 1.807) is 7.11 Å². The molecule has 0 amide bonds. The second-order valence-corrected chi connectivity index (χ2v) is 12.0. The molecule has 2 aliphatic rings. The van der Waals surface area contributed by atoms with Gasteiger partial charge in [-0.1, -0.05) is 53.2 Å². The molecule has 0 unspecified atom stereocenters. The monoisotopic (exact) mass is 486 g/mol. The maximum atomic E-state index is 13.3. The van der Waals surface area contributed by atoms with E-state index in [0.717, 1.165) is 32.1 Å². The van der Waals surface area contributed by atoms with Crippen molar-refractivity contribution in [2.75, 3.05) is 7.11 Å². The standard InChI is InChI=1S/C30H46O5/c1-18(2)11-10-15-30(8)25-13-12-19(3)24(29(25,7)16-14-26(30)35-22(6)31)17-23-27(32)20(4)21(5)34-28(23)33-9/h10-11,18-19,24-26H,12-17H2,1-9H3/b11-10+/t19-,24+,25+,26-,29+,30-/m0/s1. The van der Waals surface area contributed by atoms with Gasteiger partial charge in [-0.2, -0.15) is 0 Å². The molecule has 2 saturated carbocycles. The quantitative estimate of drug-likeness (QED) is 0.313. The molecule has 196 valence electrons. The van der Waals surface area contributed by atoms with Crippen molar-refractivity contribution in [1.82, 2.24) is 0 Å². The molecule has 1 aromatic rings. The van der Waals surface area contributed by atoms with Crippen molar-refractivity contribution in [3.63, 3.8) is 0 Å². The van der Waals surface area contributed by atoms with Gasteiger partial charge in [0.25, 0.3) is 5.95 Å². The van der Waals surface area contributed by atoms with Gasteiger partial charge in [0.05, 0.1) is 12.7 Å². The lowest BCUT2D eigenvalue weighted by Crippen LogP contribution is -2.58. The smallest absolute Gasteiger partial charge is 0.302 e. The third-order valence-electron chi connectivity index (χ3n) is 9.35. The molecular formula is C30H46O5. The number of fused-ring (bicyclic) bond motifs is 1. The molecule has 5 heteroatoms. The van der Waals surface area contributed by atoms with Crippen molar-refractivity contribution in [2.45, 2.75) is 100 Å². The number of methoxy groups -OCH3 is 1. The van der Waals surface area contributed by atoms with Gasteiger partial charge in [-0.15, -0.1) is 0 Å². The Bertz CT molecular complexity index is 1000. The maximum absolute atomic E-state index is 13.3. The Hall–Kier alpha value is -2.04. The van der Waals surface area contributed by atoms with E-state index < -0.39 is 0 Å². The number of carbonyl (C=O) groups excluding carboxylic acids is 1. The number of hydrogen-bond acceptors (Lipinski definition) is 5. The van der Waals surface area contributed by atoms with Gasteiger partial charge in [0, 0.05) is 17.9 Å². The topological polar surface area (TPSA) is 65.7 Å². The van der Waals surface area contributed by atoms with E-state index in [1.807, 2.05) is 13.8 Å². The van der Waals surface area contributed by atoms with E-state index in [-0.39, 0.29) is 28.3 Å². The average molecular weight is 487 g/mol. The summed E-state index contributed by atoms with van der Waals surface area (Å²) in [5.74, 6) is 2.42. The van der Waals surface area contributed by atoms with Crippen molar-refractivity contribution < 1.29 is 18.7 Å². The molecule has 1 heterocycles. The van der Waals surface area contributed by atoms with Crippen LogP contribution < -0.4 is 10.2 Å². The van der Waals surface area contributed by atoms with Crippen LogP contribution in [0.2, 0.25) is 0 Å². The second-order valence-electron chi connectivity index (χ2n) is 12.0. The summed E-state index contributed by atoms with van der Waals surface area (Å²) in [6, 6.07) is 0. The highest BCUT2D eigenvalue weighted by Gasteiger charge is 2.59. The summed E-state index contributed by atoms with van der Waals surface area (Å²) in [4.78, 5) is 25.4. The molecule has 0 aliphatic heterocycles. The van der Waals surface area contributed by atoms with Crippen LogP contribution in [0.3, 0.4) is 0 Å². The first kappa shape index (κ1) is 27.5. The van der Waals surface area contributed by atoms with E-state index >= 15 is 0 Å². The van der Waals surface area contributed by atoms with Crippen LogP contribution >= 0.6 is 0 Å². The van der Waals surface area contributed by atoms with E-state index in [1.165, 1.54) is 6.92 Å². The van der Waals surface area contributed by atoms with Crippen molar-refractivity contribution in [3.05, 3.63) is 39.3 Å². The van der Waals surface area contributed by atoms with Gasteiger partial charge < -0.3 is 13.9 Å². The van der Waals surface area contributed by atoms with Crippen LogP contribution in [-0.2, 0) is 16.0 Å². The normalized spacial score (nSPS) is 33.1.